The first kappa shape index (κ1) is 15.4. The van der Waals surface area contributed by atoms with Crippen molar-refractivity contribution in [3.05, 3.63) is 32.3 Å². The molecular weight excluding hydrogens is 303 g/mol. The second-order valence-electron chi connectivity index (χ2n) is 5.26. The van der Waals surface area contributed by atoms with E-state index in [-0.39, 0.29) is 27.8 Å². The summed E-state index contributed by atoms with van der Waals surface area (Å²) >= 11 is 11.7. The zero-order valence-corrected chi connectivity index (χ0v) is 12.4. The van der Waals surface area contributed by atoms with Gasteiger partial charge in [-0.25, -0.2) is 0 Å². The van der Waals surface area contributed by atoms with Gasteiger partial charge in [0.1, 0.15) is 5.69 Å². The summed E-state index contributed by atoms with van der Waals surface area (Å²) in [6.45, 7) is 0.567. The van der Waals surface area contributed by atoms with Crippen LogP contribution >= 0.6 is 23.2 Å². The fourth-order valence-electron chi connectivity index (χ4n) is 2.63. The number of hydrogen-bond acceptors (Lipinski definition) is 4. The van der Waals surface area contributed by atoms with Crippen LogP contribution in [0.3, 0.4) is 0 Å². The molecule has 1 aliphatic rings. The minimum atomic E-state index is -0.495. The Morgan fingerprint density at radius 3 is 2.45 bits per heavy atom. The van der Waals surface area contributed by atoms with Gasteiger partial charge in [-0.15, -0.1) is 0 Å². The minimum absolute atomic E-state index is 0.0785. The number of nitrogens with one attached hydrogen (secondary N) is 1. The molecule has 0 bridgehead atoms. The molecule has 2 N–H and O–H groups in total. The molecule has 0 aromatic heterocycles. The minimum Gasteiger partial charge on any atom is -0.396 e. The van der Waals surface area contributed by atoms with E-state index in [4.69, 9.17) is 23.2 Å². The van der Waals surface area contributed by atoms with Gasteiger partial charge in [0, 0.05) is 18.0 Å². The number of rotatable bonds is 5. The number of nitro groups is 1. The van der Waals surface area contributed by atoms with E-state index >= 15 is 0 Å². The third-order valence-electron chi connectivity index (χ3n) is 3.89. The van der Waals surface area contributed by atoms with Crippen molar-refractivity contribution in [2.24, 2.45) is 5.41 Å². The lowest BCUT2D eigenvalue weighted by molar-refractivity contribution is -0.383. The Bertz CT molecular complexity index is 517. The predicted octanol–water partition coefficient (Wildman–Crippen LogP) is 3.87. The molecule has 0 spiro atoms. The van der Waals surface area contributed by atoms with E-state index in [0.29, 0.717) is 12.2 Å². The van der Waals surface area contributed by atoms with Gasteiger partial charge in [0.2, 0.25) is 0 Å². The highest BCUT2D eigenvalue weighted by Crippen LogP contribution is 2.39. The second-order valence-corrected chi connectivity index (χ2v) is 6.07. The van der Waals surface area contributed by atoms with E-state index in [9.17, 15) is 15.2 Å². The van der Waals surface area contributed by atoms with Crippen LogP contribution in [-0.2, 0) is 0 Å². The van der Waals surface area contributed by atoms with Gasteiger partial charge in [0.25, 0.3) is 5.69 Å². The molecule has 7 heteroatoms. The Labute approximate surface area is 127 Å². The maximum atomic E-state index is 11.0. The normalized spacial score (nSPS) is 17.1. The van der Waals surface area contributed by atoms with Crippen LogP contribution in [0.1, 0.15) is 25.7 Å². The van der Waals surface area contributed by atoms with Crippen LogP contribution in [0.2, 0.25) is 10.0 Å². The quantitative estimate of drug-likeness (QED) is 0.638. The van der Waals surface area contributed by atoms with Gasteiger partial charge in [-0.3, -0.25) is 10.1 Å². The third kappa shape index (κ3) is 3.16. The highest BCUT2D eigenvalue weighted by molar-refractivity contribution is 6.42. The van der Waals surface area contributed by atoms with Crippen molar-refractivity contribution in [3.63, 3.8) is 0 Å². The zero-order chi connectivity index (χ0) is 14.8. The van der Waals surface area contributed by atoms with E-state index in [2.05, 4.69) is 5.32 Å². The standard InChI is InChI=1S/C13H16Cl2N2O3/c14-9-5-11(12(17(19)20)6-10(9)15)16-7-13(8-18)3-1-2-4-13/h5-6,16,18H,1-4,7-8H2. The Kier molecular flexibility index (Phi) is 4.73. The molecule has 1 aliphatic carbocycles. The Morgan fingerprint density at radius 1 is 1.30 bits per heavy atom. The van der Waals surface area contributed by atoms with E-state index < -0.39 is 4.92 Å². The molecule has 0 radical (unpaired) electrons. The molecule has 1 fully saturated rings. The topological polar surface area (TPSA) is 75.4 Å². The number of nitrogens with zero attached hydrogens (tertiary/aromatic N) is 1. The Hall–Kier alpha value is -1.04. The van der Waals surface area contributed by atoms with Crippen LogP contribution in [0.15, 0.2) is 12.1 Å². The van der Waals surface area contributed by atoms with Crippen LogP contribution in [0.4, 0.5) is 11.4 Å². The van der Waals surface area contributed by atoms with Gasteiger partial charge in [0.05, 0.1) is 21.6 Å². The molecule has 110 valence electrons. The van der Waals surface area contributed by atoms with Gasteiger partial charge < -0.3 is 10.4 Å². The predicted molar refractivity (Wildman–Crippen MR) is 79.6 cm³/mol. The molecule has 0 amide bonds. The van der Waals surface area contributed by atoms with Crippen LogP contribution in [0.5, 0.6) is 0 Å². The number of benzene rings is 1. The fraction of sp³-hybridized carbons (Fsp3) is 0.538. The van der Waals surface area contributed by atoms with Crippen molar-refractivity contribution in [3.8, 4) is 0 Å². The SMILES string of the molecule is O=[N+]([O-])c1cc(Cl)c(Cl)cc1NCC1(CO)CCCC1. The maximum absolute atomic E-state index is 11.0. The number of nitro benzene ring substituents is 1. The molecule has 1 aromatic rings. The number of aliphatic hydroxyl groups excluding tert-OH is 1. The van der Waals surface area contributed by atoms with E-state index in [1.807, 2.05) is 0 Å². The molecule has 2 rings (SSSR count). The lowest BCUT2D eigenvalue weighted by Crippen LogP contribution is -2.30. The maximum Gasteiger partial charge on any atom is 0.293 e. The van der Waals surface area contributed by atoms with Crippen molar-refractivity contribution < 1.29 is 10.0 Å². The highest BCUT2D eigenvalue weighted by atomic mass is 35.5. The lowest BCUT2D eigenvalue weighted by atomic mass is 9.87. The summed E-state index contributed by atoms with van der Waals surface area (Å²) in [7, 11) is 0. The van der Waals surface area contributed by atoms with Crippen LogP contribution in [0.25, 0.3) is 0 Å². The van der Waals surface area contributed by atoms with Crippen molar-refractivity contribution in [1.29, 1.82) is 0 Å². The lowest BCUT2D eigenvalue weighted by Gasteiger charge is -2.27. The molecule has 0 heterocycles. The Balaban J connectivity index is 2.20. The van der Waals surface area contributed by atoms with Crippen LogP contribution in [-0.4, -0.2) is 23.2 Å². The van der Waals surface area contributed by atoms with E-state index in [1.54, 1.807) is 0 Å². The molecule has 0 unspecified atom stereocenters. The first-order valence-corrected chi connectivity index (χ1v) is 7.21. The number of aliphatic hydroxyl groups is 1. The van der Waals surface area contributed by atoms with Gasteiger partial charge in [-0.05, 0) is 18.9 Å². The summed E-state index contributed by atoms with van der Waals surface area (Å²) in [4.78, 5) is 10.5. The van der Waals surface area contributed by atoms with Crippen LogP contribution in [0, 0.1) is 15.5 Å². The van der Waals surface area contributed by atoms with Crippen molar-refractivity contribution in [2.45, 2.75) is 25.7 Å². The molecular formula is C13H16Cl2N2O3. The highest BCUT2D eigenvalue weighted by Gasteiger charge is 2.33. The van der Waals surface area contributed by atoms with Crippen molar-refractivity contribution in [1.82, 2.24) is 0 Å². The third-order valence-corrected chi connectivity index (χ3v) is 4.61. The van der Waals surface area contributed by atoms with Crippen molar-refractivity contribution in [2.75, 3.05) is 18.5 Å². The second kappa shape index (κ2) is 6.16. The van der Waals surface area contributed by atoms with Crippen molar-refractivity contribution >= 4 is 34.6 Å². The molecule has 1 saturated carbocycles. The van der Waals surface area contributed by atoms with Gasteiger partial charge in [0.15, 0.2) is 0 Å². The molecule has 0 aliphatic heterocycles. The molecule has 1 aromatic carbocycles. The zero-order valence-electron chi connectivity index (χ0n) is 10.9. The van der Waals surface area contributed by atoms with Gasteiger partial charge >= 0.3 is 0 Å². The Morgan fingerprint density at radius 2 is 1.90 bits per heavy atom. The summed E-state index contributed by atoms with van der Waals surface area (Å²) < 4.78 is 0. The number of halogens is 2. The molecule has 0 saturated heterocycles. The molecule has 20 heavy (non-hydrogen) atoms. The first-order chi connectivity index (χ1) is 9.47. The summed E-state index contributed by atoms with van der Waals surface area (Å²) in [5.74, 6) is 0. The molecule has 0 atom stereocenters. The van der Waals surface area contributed by atoms with Crippen LogP contribution < -0.4 is 5.32 Å². The summed E-state index contributed by atoms with van der Waals surface area (Å²) in [6.07, 6.45) is 3.99. The average Bonchev–Trinajstić information content (AvgIpc) is 2.89. The van der Waals surface area contributed by atoms with E-state index in [0.717, 1.165) is 25.7 Å². The van der Waals surface area contributed by atoms with Gasteiger partial charge in [-0.1, -0.05) is 36.0 Å². The largest absolute Gasteiger partial charge is 0.396 e. The fourth-order valence-corrected chi connectivity index (χ4v) is 2.95. The van der Waals surface area contributed by atoms with E-state index in [1.165, 1.54) is 12.1 Å². The number of anilines is 1. The summed E-state index contributed by atoms with van der Waals surface area (Å²) in [6, 6.07) is 2.70. The summed E-state index contributed by atoms with van der Waals surface area (Å²) in [5.41, 5.74) is 0.0367. The monoisotopic (exact) mass is 318 g/mol. The summed E-state index contributed by atoms with van der Waals surface area (Å²) in [5, 5.41) is 24.1. The smallest absolute Gasteiger partial charge is 0.293 e. The number of hydrogen-bond donors (Lipinski definition) is 2. The average molecular weight is 319 g/mol. The first-order valence-electron chi connectivity index (χ1n) is 6.46. The van der Waals surface area contributed by atoms with Gasteiger partial charge in [-0.2, -0.15) is 0 Å². The molecule has 5 nitrogen and oxygen atoms in total.